The lowest BCUT2D eigenvalue weighted by Gasteiger charge is -2.24. The second kappa shape index (κ2) is 35.6. The summed E-state index contributed by atoms with van der Waals surface area (Å²) in [5.41, 5.74) is 24.3. The zero-order valence-corrected chi connectivity index (χ0v) is 57.5. The summed E-state index contributed by atoms with van der Waals surface area (Å²) in [6.45, 7) is 19.6. The van der Waals surface area contributed by atoms with E-state index < -0.39 is 5.97 Å². The van der Waals surface area contributed by atoms with E-state index in [0.717, 1.165) is 102 Å². The molecule has 3 heterocycles. The van der Waals surface area contributed by atoms with Gasteiger partial charge in [-0.05, 0) is 240 Å². The third-order valence-corrected chi connectivity index (χ3v) is 19.6. The number of nitrogens with zero attached hydrogens (tertiary/aromatic N) is 3. The van der Waals surface area contributed by atoms with Gasteiger partial charge in [0.15, 0.2) is 13.6 Å². The predicted octanol–water partition coefficient (Wildman–Crippen LogP) is 16.9. The van der Waals surface area contributed by atoms with Crippen molar-refractivity contribution in [2.45, 2.75) is 221 Å². The predicted molar refractivity (Wildman–Crippen MR) is 365 cm³/mol. The zero-order valence-electron chi connectivity index (χ0n) is 57.5. The van der Waals surface area contributed by atoms with Crippen LogP contribution in [-0.2, 0) is 65.4 Å². The van der Waals surface area contributed by atoms with Crippen LogP contribution < -0.4 is 9.47 Å². The molecule has 3 aromatic carbocycles. The molecular formula is C78H103N3O11. The zero-order chi connectivity index (χ0) is 66.4. The highest BCUT2D eigenvalue weighted by Crippen LogP contribution is 2.40. The number of hydrogen-bond acceptors (Lipinski definition) is 13. The van der Waals surface area contributed by atoms with Gasteiger partial charge in [-0.25, -0.2) is 4.79 Å². The van der Waals surface area contributed by atoms with E-state index in [1.807, 2.05) is 12.1 Å². The number of aryl methyl sites for hydroxylation is 5. The van der Waals surface area contributed by atoms with E-state index in [2.05, 4.69) is 105 Å². The van der Waals surface area contributed by atoms with Crippen molar-refractivity contribution in [1.29, 1.82) is 0 Å². The van der Waals surface area contributed by atoms with Gasteiger partial charge < -0.3 is 38.6 Å². The van der Waals surface area contributed by atoms with Gasteiger partial charge in [0, 0.05) is 87.2 Å². The van der Waals surface area contributed by atoms with Crippen molar-refractivity contribution in [2.75, 3.05) is 42.0 Å². The Bertz CT molecular complexity index is 3500. The summed E-state index contributed by atoms with van der Waals surface area (Å²) in [5, 5.41) is 19.3. The number of carbonyl (C=O) groups is 3. The molecule has 0 atom stereocenters. The van der Waals surface area contributed by atoms with Gasteiger partial charge in [-0.1, -0.05) is 76.0 Å². The number of aromatic nitrogens is 3. The van der Waals surface area contributed by atoms with Crippen LogP contribution in [0.3, 0.4) is 0 Å². The van der Waals surface area contributed by atoms with Gasteiger partial charge in [0.25, 0.3) is 0 Å². The van der Waals surface area contributed by atoms with Crippen molar-refractivity contribution >= 4 is 24.0 Å². The summed E-state index contributed by atoms with van der Waals surface area (Å²) in [7, 11) is 6.11. The Balaban J connectivity index is 0.000000196. The van der Waals surface area contributed by atoms with Crippen LogP contribution in [0.2, 0.25) is 0 Å². The molecule has 3 aromatic heterocycles. The van der Waals surface area contributed by atoms with E-state index >= 15 is 0 Å². The second-order valence-corrected chi connectivity index (χ2v) is 25.7. The molecule has 9 rings (SSSR count). The number of pyridine rings is 3. The van der Waals surface area contributed by atoms with Crippen molar-refractivity contribution in [3.8, 4) is 17.2 Å². The number of aromatic hydroxyl groups is 1. The Labute approximate surface area is 548 Å². The molecule has 0 radical (unpaired) electrons. The minimum Gasteiger partial charge on any atom is -0.506 e. The molecule has 14 nitrogen and oxygen atoms in total. The maximum Gasteiger partial charge on any atom is 0.330 e. The Hall–Kier alpha value is -7.42. The molecule has 0 amide bonds. The number of aliphatic carboxylic acids is 1. The van der Waals surface area contributed by atoms with Crippen molar-refractivity contribution in [1.82, 2.24) is 15.0 Å². The fourth-order valence-electron chi connectivity index (χ4n) is 13.8. The summed E-state index contributed by atoms with van der Waals surface area (Å²) in [6, 6.07) is 18.5. The average Bonchev–Trinajstić information content (AvgIpc) is 1.08. The number of hydrogen-bond donors (Lipinski definition) is 2. The first-order valence-corrected chi connectivity index (χ1v) is 33.5. The van der Waals surface area contributed by atoms with Crippen molar-refractivity contribution in [2.24, 2.45) is 0 Å². The first kappa shape index (κ1) is 72.0. The first-order valence-electron chi connectivity index (χ1n) is 33.5. The number of methoxy groups -OCH3 is 4. The van der Waals surface area contributed by atoms with E-state index in [1.54, 1.807) is 20.3 Å². The van der Waals surface area contributed by atoms with Crippen LogP contribution in [0.25, 0.3) is 6.08 Å². The van der Waals surface area contributed by atoms with E-state index in [9.17, 15) is 19.5 Å². The number of carboxylic acids is 1. The highest BCUT2D eigenvalue weighted by molar-refractivity contribution is 5.87. The van der Waals surface area contributed by atoms with E-state index in [4.69, 9.17) is 48.5 Å². The van der Waals surface area contributed by atoms with Gasteiger partial charge in [0.05, 0.1) is 31.3 Å². The molecule has 3 saturated carbocycles. The molecule has 3 aliphatic carbocycles. The van der Waals surface area contributed by atoms with Crippen molar-refractivity contribution < 1.29 is 53.0 Å². The van der Waals surface area contributed by atoms with Gasteiger partial charge in [-0.15, -0.1) is 0 Å². The third kappa shape index (κ3) is 19.8. The summed E-state index contributed by atoms with van der Waals surface area (Å²) in [6.07, 6.45) is 25.6. The standard InChI is InChI=1S/C27H37NO4.C27H35NO4.C24H31NO3/c2*1-18-15-22(11-14-26(29)31-5)19(2)20(3)24(18)16-23-12-13-25(32-17-30-4)27(28-23)21-9-7-6-8-10-21;1-15-13-19(9-12-23(27)28)16(2)17(3)21(15)14-20-10-11-22(26)24(25-20)18-7-5-4-6-8-18/h12-13,15,21H,6-11,14,16-17H2,1-5H3;11-15,21H,6-10,16-17H2,1-5H3;10-11,13,18,26H,4-9,12,14H2,1-3H3,(H,27,28)/b;14-11+;. The smallest absolute Gasteiger partial charge is 0.330 e. The molecule has 0 spiro atoms. The fourth-order valence-corrected chi connectivity index (χ4v) is 13.8. The molecule has 0 aliphatic heterocycles. The van der Waals surface area contributed by atoms with Gasteiger partial charge >= 0.3 is 17.9 Å². The molecule has 3 aliphatic rings. The van der Waals surface area contributed by atoms with Crippen LogP contribution in [0.15, 0.2) is 60.7 Å². The van der Waals surface area contributed by atoms with E-state index in [-0.39, 0.29) is 31.9 Å². The van der Waals surface area contributed by atoms with Gasteiger partial charge in [-0.3, -0.25) is 24.5 Å². The molecule has 14 heteroatoms. The van der Waals surface area contributed by atoms with Gasteiger partial charge in [0.2, 0.25) is 0 Å². The molecule has 0 bridgehead atoms. The summed E-state index contributed by atoms with van der Waals surface area (Å²) >= 11 is 0. The highest BCUT2D eigenvalue weighted by atomic mass is 16.7. The fraction of sp³-hybridized carbons (Fsp3) is 0.513. The number of benzene rings is 3. The molecule has 3 fully saturated rings. The second-order valence-electron chi connectivity index (χ2n) is 25.7. The highest BCUT2D eigenvalue weighted by Gasteiger charge is 2.26. The third-order valence-electron chi connectivity index (χ3n) is 19.6. The molecule has 92 heavy (non-hydrogen) atoms. The number of rotatable bonds is 23. The van der Waals surface area contributed by atoms with Crippen molar-refractivity contribution in [3.63, 3.8) is 0 Å². The first-order chi connectivity index (χ1) is 44.2. The monoisotopic (exact) mass is 1260 g/mol. The Kier molecular flexibility index (Phi) is 27.8. The number of ether oxygens (including phenoxy) is 6. The van der Waals surface area contributed by atoms with Crippen LogP contribution in [-0.4, -0.2) is 85.1 Å². The minimum atomic E-state index is -0.762. The normalized spacial score (nSPS) is 14.7. The van der Waals surface area contributed by atoms with Crippen LogP contribution >= 0.6 is 0 Å². The molecular weight excluding hydrogens is 1150 g/mol. The summed E-state index contributed by atoms with van der Waals surface area (Å²) < 4.78 is 31.5. The number of carbonyl (C=O) groups excluding carboxylic acids is 2. The van der Waals surface area contributed by atoms with Crippen LogP contribution in [0.1, 0.15) is 245 Å². The topological polar surface area (TPSA) is 186 Å². The molecule has 2 N–H and O–H groups in total. The molecule has 0 unspecified atom stereocenters. The quantitative estimate of drug-likeness (QED) is 0.0351. The summed E-state index contributed by atoms with van der Waals surface area (Å²) in [5.74, 6) is 2.02. The van der Waals surface area contributed by atoms with E-state index in [1.165, 1.54) is 163 Å². The minimum absolute atomic E-state index is 0.156. The SMILES string of the molecule is COCOc1ccc(Cc2c(C)cc(/C=C/C(=O)OC)c(C)c2C)nc1C1CCCCC1.COCOc1ccc(Cc2c(C)cc(CCC(=O)OC)c(C)c2C)nc1C1CCCCC1.Cc1cc(CCC(=O)O)c(C)c(C)c1Cc1ccc(O)c(C2CCCCC2)n1. The maximum atomic E-state index is 11.6. The van der Waals surface area contributed by atoms with Crippen molar-refractivity contribution in [3.05, 3.63) is 178 Å². The van der Waals surface area contributed by atoms with Crippen LogP contribution in [0, 0.1) is 62.3 Å². The maximum absolute atomic E-state index is 11.6. The van der Waals surface area contributed by atoms with Gasteiger partial charge in [0.1, 0.15) is 17.2 Å². The Morgan fingerprint density at radius 2 is 0.870 bits per heavy atom. The Morgan fingerprint density at radius 3 is 1.28 bits per heavy atom. The molecule has 6 aromatic rings. The Morgan fingerprint density at radius 1 is 0.478 bits per heavy atom. The van der Waals surface area contributed by atoms with Gasteiger partial charge in [-0.2, -0.15) is 0 Å². The van der Waals surface area contributed by atoms with E-state index in [0.29, 0.717) is 42.8 Å². The lowest BCUT2D eigenvalue weighted by molar-refractivity contribution is -0.140. The summed E-state index contributed by atoms with van der Waals surface area (Å²) in [4.78, 5) is 49.1. The largest absolute Gasteiger partial charge is 0.506 e. The van der Waals surface area contributed by atoms with Crippen LogP contribution in [0.4, 0.5) is 0 Å². The lowest BCUT2D eigenvalue weighted by Crippen LogP contribution is -2.12. The average molecular weight is 1260 g/mol. The van der Waals surface area contributed by atoms with Crippen LogP contribution in [0.5, 0.6) is 17.2 Å². The number of esters is 2. The number of carboxylic acid groups (broad SMARTS) is 1. The molecule has 496 valence electrons. The lowest BCUT2D eigenvalue weighted by atomic mass is 9.86. The molecule has 0 saturated heterocycles.